The number of amides is 1. The highest BCUT2D eigenvalue weighted by molar-refractivity contribution is 7.90. The quantitative estimate of drug-likeness (QED) is 0.117. The number of hydrogen-bond donors (Lipinski definition) is 1. The van der Waals surface area contributed by atoms with Gasteiger partial charge in [0.25, 0.3) is 15.9 Å². The summed E-state index contributed by atoms with van der Waals surface area (Å²) in [6, 6.07) is 10.7. The molecule has 46 heavy (non-hydrogen) atoms. The number of carbonyl (C=O) groups is 1. The van der Waals surface area contributed by atoms with Crippen LogP contribution in [0.4, 0.5) is 11.4 Å². The Kier molecular flexibility index (Phi) is 12.7. The number of para-hydroxylation sites is 1. The van der Waals surface area contributed by atoms with Crippen molar-refractivity contribution >= 4 is 44.7 Å². The molecule has 1 aromatic heterocycles. The molecule has 0 radical (unpaired) electrons. The standard InChI is InChI=1S/C35H48ClN5O4S/c1-6-7-8-9-10-11-12-13-14-17-22-41-34(37-29-18-15-16-19-32(29)46(41,43)44)33(40-25-39(5)24-27(40)4)35(42)38-30-23-28(36)20-21-31(30)45-26(2)3/h15-16,18-21,23-26,33H,6-14,17,22H2,1-5H3/p+1. The molecule has 1 aliphatic rings. The zero-order valence-electron chi connectivity index (χ0n) is 27.8. The monoisotopic (exact) mass is 670 g/mol. The van der Waals surface area contributed by atoms with Gasteiger partial charge in [0, 0.05) is 18.5 Å². The molecule has 3 aromatic rings. The SMILES string of the molecule is CCCCCCCCCCCCN1C(C(C(=O)Nc2cc(Cl)ccc2OC(C)C)n2c[n+](C)cc2C)=Nc2ccccc2S1(=O)=O. The van der Waals surface area contributed by atoms with E-state index in [9.17, 15) is 13.2 Å². The van der Waals surface area contributed by atoms with Crippen LogP contribution in [0.25, 0.3) is 0 Å². The maximum Gasteiger partial charge on any atom is 0.278 e. The van der Waals surface area contributed by atoms with Gasteiger partial charge in [-0.15, -0.1) is 0 Å². The summed E-state index contributed by atoms with van der Waals surface area (Å²) in [7, 11) is -2.12. The van der Waals surface area contributed by atoms with Gasteiger partial charge >= 0.3 is 0 Å². The number of aliphatic imine (C=N–C) groups is 1. The van der Waals surface area contributed by atoms with Gasteiger partial charge in [0.1, 0.15) is 22.5 Å². The number of benzene rings is 2. The van der Waals surface area contributed by atoms with Crippen LogP contribution in [0.15, 0.2) is 64.9 Å². The van der Waals surface area contributed by atoms with Crippen molar-refractivity contribution in [3.63, 3.8) is 0 Å². The molecular formula is C35H49ClN5O4S+. The molecule has 1 amide bonds. The first-order chi connectivity index (χ1) is 22.0. The number of hydrogen-bond acceptors (Lipinski definition) is 5. The van der Waals surface area contributed by atoms with Crippen LogP contribution in [0.5, 0.6) is 5.75 Å². The van der Waals surface area contributed by atoms with E-state index in [-0.39, 0.29) is 23.4 Å². The van der Waals surface area contributed by atoms with E-state index in [0.29, 0.717) is 28.6 Å². The summed E-state index contributed by atoms with van der Waals surface area (Å²) in [6.07, 6.45) is 14.8. The van der Waals surface area contributed by atoms with Crippen LogP contribution >= 0.6 is 11.6 Å². The van der Waals surface area contributed by atoms with Gasteiger partial charge in [-0.25, -0.2) is 26.8 Å². The predicted molar refractivity (Wildman–Crippen MR) is 185 cm³/mol. The average Bonchev–Trinajstić information content (AvgIpc) is 3.33. The molecule has 9 nitrogen and oxygen atoms in total. The Balaban J connectivity index is 1.65. The van der Waals surface area contributed by atoms with E-state index in [1.165, 1.54) is 42.8 Å². The number of amidine groups is 1. The molecule has 11 heteroatoms. The lowest BCUT2D eigenvalue weighted by Gasteiger charge is -2.32. The van der Waals surface area contributed by atoms with Crippen LogP contribution in [0.3, 0.4) is 0 Å². The normalized spacial score (nSPS) is 14.6. The summed E-state index contributed by atoms with van der Waals surface area (Å²) in [4.78, 5) is 19.4. The molecule has 0 spiro atoms. The number of sulfonamides is 1. The first-order valence-electron chi connectivity index (χ1n) is 16.5. The van der Waals surface area contributed by atoms with E-state index in [2.05, 4.69) is 12.2 Å². The molecule has 0 saturated heterocycles. The van der Waals surface area contributed by atoms with E-state index in [1.54, 1.807) is 53.4 Å². The molecule has 2 heterocycles. The molecule has 1 N–H and O–H groups in total. The fourth-order valence-electron chi connectivity index (χ4n) is 5.84. The number of unbranched alkanes of at least 4 members (excludes halogenated alkanes) is 9. The lowest BCUT2D eigenvalue weighted by Crippen LogP contribution is -2.47. The van der Waals surface area contributed by atoms with Gasteiger partial charge < -0.3 is 10.1 Å². The zero-order valence-corrected chi connectivity index (χ0v) is 29.4. The minimum absolute atomic E-state index is 0.140. The summed E-state index contributed by atoms with van der Waals surface area (Å²) in [5, 5.41) is 3.42. The van der Waals surface area contributed by atoms with Gasteiger partial charge in [0.15, 0.2) is 5.84 Å². The molecule has 0 fully saturated rings. The Labute approximate surface area is 279 Å². The second kappa shape index (κ2) is 16.5. The highest BCUT2D eigenvalue weighted by Gasteiger charge is 2.43. The molecular weight excluding hydrogens is 622 g/mol. The highest BCUT2D eigenvalue weighted by Crippen LogP contribution is 2.36. The maximum absolute atomic E-state index is 14.4. The van der Waals surface area contributed by atoms with Gasteiger partial charge in [-0.1, -0.05) is 88.4 Å². The van der Waals surface area contributed by atoms with Crippen LogP contribution < -0.4 is 14.6 Å². The van der Waals surface area contributed by atoms with Crippen LogP contribution in [0.2, 0.25) is 5.02 Å². The number of rotatable bonds is 17. The number of anilines is 1. The number of fused-ring (bicyclic) bond motifs is 1. The Hall–Kier alpha value is -3.37. The number of aromatic nitrogens is 2. The van der Waals surface area contributed by atoms with Crippen molar-refractivity contribution in [2.45, 2.75) is 109 Å². The van der Waals surface area contributed by atoms with Gasteiger partial charge in [0.05, 0.1) is 24.5 Å². The smallest absolute Gasteiger partial charge is 0.278 e. The van der Waals surface area contributed by atoms with E-state index in [4.69, 9.17) is 21.3 Å². The minimum atomic E-state index is -3.98. The van der Waals surface area contributed by atoms with Crippen molar-refractivity contribution < 1.29 is 22.5 Å². The third kappa shape index (κ3) is 8.91. The molecule has 0 saturated carbocycles. The fraction of sp³-hybridized carbons (Fsp3) is 0.514. The maximum atomic E-state index is 14.4. The Morgan fingerprint density at radius 3 is 2.28 bits per heavy atom. The molecule has 1 aliphatic heterocycles. The van der Waals surface area contributed by atoms with Crippen LogP contribution in [0.1, 0.15) is 96.7 Å². The average molecular weight is 671 g/mol. The van der Waals surface area contributed by atoms with Crippen molar-refractivity contribution in [2.24, 2.45) is 12.0 Å². The minimum Gasteiger partial charge on any atom is -0.489 e. The van der Waals surface area contributed by atoms with Gasteiger partial charge in [-0.05, 0) is 50.6 Å². The number of nitrogens with zero attached hydrogens (tertiary/aromatic N) is 4. The summed E-state index contributed by atoms with van der Waals surface area (Å²) >= 11 is 6.33. The Bertz CT molecular complexity index is 1620. The molecule has 1 unspecified atom stereocenters. The van der Waals surface area contributed by atoms with Crippen molar-refractivity contribution in [2.75, 3.05) is 11.9 Å². The number of imidazole rings is 1. The summed E-state index contributed by atoms with van der Waals surface area (Å²) in [6.45, 7) is 8.13. The van der Waals surface area contributed by atoms with Crippen molar-refractivity contribution in [1.82, 2.24) is 8.87 Å². The first kappa shape index (κ1) is 35.5. The highest BCUT2D eigenvalue weighted by atomic mass is 35.5. The third-order valence-electron chi connectivity index (χ3n) is 8.08. The number of carbonyl (C=O) groups excluding carboxylic acids is 1. The second-order valence-corrected chi connectivity index (χ2v) is 14.6. The predicted octanol–water partition coefficient (Wildman–Crippen LogP) is 7.90. The first-order valence-corrected chi connectivity index (χ1v) is 18.4. The van der Waals surface area contributed by atoms with Crippen molar-refractivity contribution in [1.29, 1.82) is 0 Å². The fourth-order valence-corrected chi connectivity index (χ4v) is 7.64. The Morgan fingerprint density at radius 1 is 1.00 bits per heavy atom. The zero-order chi connectivity index (χ0) is 33.3. The number of nitrogens with one attached hydrogen (secondary N) is 1. The third-order valence-corrected chi connectivity index (χ3v) is 10.2. The summed E-state index contributed by atoms with van der Waals surface area (Å²) < 4.78 is 39.3. The molecule has 1 atom stereocenters. The van der Waals surface area contributed by atoms with Gasteiger partial charge in [0.2, 0.25) is 12.4 Å². The van der Waals surface area contributed by atoms with Crippen LogP contribution in [-0.4, -0.2) is 41.7 Å². The molecule has 0 aliphatic carbocycles. The van der Waals surface area contributed by atoms with E-state index in [0.717, 1.165) is 25.0 Å². The van der Waals surface area contributed by atoms with Crippen molar-refractivity contribution in [3.8, 4) is 5.75 Å². The largest absolute Gasteiger partial charge is 0.489 e. The number of halogens is 1. The van der Waals surface area contributed by atoms with Crippen molar-refractivity contribution in [3.05, 3.63) is 65.7 Å². The number of aryl methyl sites for hydroxylation is 2. The van der Waals surface area contributed by atoms with E-state index >= 15 is 0 Å². The van der Waals surface area contributed by atoms with Gasteiger partial charge in [-0.2, -0.15) is 0 Å². The van der Waals surface area contributed by atoms with Gasteiger partial charge in [-0.3, -0.25) is 4.79 Å². The van der Waals surface area contributed by atoms with E-state index in [1.807, 2.05) is 38.6 Å². The molecule has 250 valence electrons. The topological polar surface area (TPSA) is 96.9 Å². The summed E-state index contributed by atoms with van der Waals surface area (Å²) in [5.41, 5.74) is 1.48. The van der Waals surface area contributed by atoms with Crippen LogP contribution in [-0.2, 0) is 21.9 Å². The molecule has 2 aromatic carbocycles. The molecule has 0 bridgehead atoms. The lowest BCUT2D eigenvalue weighted by molar-refractivity contribution is -0.671. The number of ether oxygens (including phenoxy) is 1. The summed E-state index contributed by atoms with van der Waals surface area (Å²) in [5.74, 6) is 0.156. The van der Waals surface area contributed by atoms with Crippen LogP contribution in [0, 0.1) is 6.92 Å². The van der Waals surface area contributed by atoms with E-state index < -0.39 is 22.0 Å². The Morgan fingerprint density at radius 2 is 1.65 bits per heavy atom. The second-order valence-electron chi connectivity index (χ2n) is 12.4. The lowest BCUT2D eigenvalue weighted by atomic mass is 10.1. The molecule has 4 rings (SSSR count).